The number of thiazole rings is 1. The minimum absolute atomic E-state index is 0.200. The standard InChI is InChI=1S/C33H29N5O6S/c1-3-5-18-44-23-16-12-20(13-17-23)29-35-33-38(36-29)31(41)28(45-33)27-24-8-6-7-9-25(24)37(30(27)40)19-26(39)34-22-14-10-21(11-15-22)32(42)43-4-2/h6-17H,3-5,18-19H2,1-2H3,(H,34,39). The van der Waals surface area contributed by atoms with Gasteiger partial charge in [-0.05, 0) is 67.9 Å². The van der Waals surface area contributed by atoms with E-state index in [0.29, 0.717) is 39.9 Å². The van der Waals surface area contributed by atoms with E-state index in [1.807, 2.05) is 24.3 Å². The maximum absolute atomic E-state index is 13.8. The molecule has 12 heteroatoms. The number of para-hydroxylation sites is 1. The summed E-state index contributed by atoms with van der Waals surface area (Å²) in [6, 6.07) is 20.7. The summed E-state index contributed by atoms with van der Waals surface area (Å²) in [7, 11) is 0. The molecule has 0 saturated carbocycles. The number of rotatable bonds is 10. The first kappa shape index (κ1) is 29.7. The first-order chi connectivity index (χ1) is 21.9. The minimum Gasteiger partial charge on any atom is -0.494 e. The van der Waals surface area contributed by atoms with Crippen LogP contribution < -0.4 is 25.0 Å². The maximum atomic E-state index is 13.8. The molecule has 2 amide bonds. The molecule has 1 aliphatic heterocycles. The third-order valence-corrected chi connectivity index (χ3v) is 8.20. The van der Waals surface area contributed by atoms with Gasteiger partial charge in [0.1, 0.15) is 16.8 Å². The highest BCUT2D eigenvalue weighted by Crippen LogP contribution is 2.35. The van der Waals surface area contributed by atoms with Gasteiger partial charge in [-0.25, -0.2) is 4.79 Å². The molecule has 6 rings (SSSR count). The van der Waals surface area contributed by atoms with Gasteiger partial charge in [0.05, 0.1) is 30.0 Å². The number of hydrogen-bond acceptors (Lipinski definition) is 9. The van der Waals surface area contributed by atoms with Crippen molar-refractivity contribution >= 4 is 51.0 Å². The molecule has 1 N–H and O–H groups in total. The van der Waals surface area contributed by atoms with Crippen LogP contribution in [0.15, 0.2) is 77.6 Å². The number of unbranched alkanes of at least 4 members (excludes halogenated alkanes) is 1. The highest BCUT2D eigenvalue weighted by atomic mass is 32.1. The lowest BCUT2D eigenvalue weighted by Crippen LogP contribution is -2.37. The van der Waals surface area contributed by atoms with Crippen molar-refractivity contribution in [2.75, 3.05) is 30.0 Å². The molecule has 0 radical (unpaired) electrons. The van der Waals surface area contributed by atoms with Gasteiger partial charge in [-0.15, -0.1) is 5.10 Å². The third-order valence-electron chi connectivity index (χ3n) is 7.17. The summed E-state index contributed by atoms with van der Waals surface area (Å²) in [4.78, 5) is 58.5. The number of ether oxygens (including phenoxy) is 2. The molecule has 3 aromatic carbocycles. The zero-order valence-corrected chi connectivity index (χ0v) is 25.4. The summed E-state index contributed by atoms with van der Waals surface area (Å²) < 4.78 is 12.1. The number of benzene rings is 3. The summed E-state index contributed by atoms with van der Waals surface area (Å²) in [5.74, 6) is -0.226. The lowest BCUT2D eigenvalue weighted by Gasteiger charge is -2.16. The fourth-order valence-corrected chi connectivity index (χ4v) is 5.94. The van der Waals surface area contributed by atoms with E-state index >= 15 is 0 Å². The Morgan fingerprint density at radius 2 is 1.71 bits per heavy atom. The predicted molar refractivity (Wildman–Crippen MR) is 171 cm³/mol. The normalized spacial score (nSPS) is 13.6. The van der Waals surface area contributed by atoms with Crippen LogP contribution >= 0.6 is 11.3 Å². The van der Waals surface area contributed by atoms with Crippen molar-refractivity contribution in [1.82, 2.24) is 14.6 Å². The Bertz CT molecular complexity index is 2020. The highest BCUT2D eigenvalue weighted by Gasteiger charge is 2.35. The first-order valence-corrected chi connectivity index (χ1v) is 15.3. The van der Waals surface area contributed by atoms with Crippen LogP contribution in [-0.4, -0.2) is 52.1 Å². The number of nitrogens with zero attached hydrogens (tertiary/aromatic N) is 4. The van der Waals surface area contributed by atoms with Crippen molar-refractivity contribution in [3.05, 3.63) is 98.8 Å². The number of carbonyl (C=O) groups excluding carboxylic acids is 3. The Hall–Kier alpha value is -5.36. The van der Waals surface area contributed by atoms with Gasteiger partial charge in [0, 0.05) is 16.8 Å². The number of anilines is 2. The van der Waals surface area contributed by atoms with E-state index in [9.17, 15) is 19.2 Å². The number of aromatic nitrogens is 3. The van der Waals surface area contributed by atoms with Crippen molar-refractivity contribution < 1.29 is 23.9 Å². The van der Waals surface area contributed by atoms with Gasteiger partial charge >= 0.3 is 5.97 Å². The van der Waals surface area contributed by atoms with Gasteiger partial charge in [0.15, 0.2) is 5.82 Å². The number of amides is 2. The summed E-state index contributed by atoms with van der Waals surface area (Å²) in [6.45, 7) is 4.45. The van der Waals surface area contributed by atoms with Crippen LogP contribution in [0, 0.1) is 0 Å². The van der Waals surface area contributed by atoms with E-state index in [4.69, 9.17) is 9.47 Å². The number of nitrogens with one attached hydrogen (secondary N) is 1. The van der Waals surface area contributed by atoms with Crippen molar-refractivity contribution in [2.45, 2.75) is 26.7 Å². The lowest BCUT2D eigenvalue weighted by molar-refractivity contribution is -0.118. The van der Waals surface area contributed by atoms with Gasteiger partial charge in [0.25, 0.3) is 11.5 Å². The Labute approximate surface area is 261 Å². The second-order valence-electron chi connectivity index (χ2n) is 10.2. The van der Waals surface area contributed by atoms with E-state index in [1.165, 1.54) is 9.42 Å². The topological polar surface area (TPSA) is 132 Å². The zero-order chi connectivity index (χ0) is 31.5. The maximum Gasteiger partial charge on any atom is 0.338 e. The molecule has 45 heavy (non-hydrogen) atoms. The molecule has 11 nitrogen and oxygen atoms in total. The van der Waals surface area contributed by atoms with Crippen LogP contribution in [0.5, 0.6) is 5.75 Å². The summed E-state index contributed by atoms with van der Waals surface area (Å²) in [5, 5.41) is 7.19. The molecule has 0 spiro atoms. The van der Waals surface area contributed by atoms with Crippen LogP contribution in [0.1, 0.15) is 42.6 Å². The minimum atomic E-state index is -0.468. The first-order valence-electron chi connectivity index (χ1n) is 14.5. The SMILES string of the molecule is CCCCOc1ccc(-c2nc3sc(=C4C(=O)N(CC(=O)Nc5ccc(C(=O)OCC)cc5)c5ccccc54)c(=O)n3n2)cc1. The van der Waals surface area contributed by atoms with Gasteiger partial charge in [-0.2, -0.15) is 9.50 Å². The molecule has 5 aromatic rings. The Balaban J connectivity index is 1.25. The highest BCUT2D eigenvalue weighted by molar-refractivity contribution is 7.15. The molecule has 3 heterocycles. The van der Waals surface area contributed by atoms with Crippen LogP contribution in [0.2, 0.25) is 0 Å². The lowest BCUT2D eigenvalue weighted by atomic mass is 10.1. The van der Waals surface area contributed by atoms with E-state index in [-0.39, 0.29) is 23.3 Å². The van der Waals surface area contributed by atoms with Gasteiger partial charge in [0.2, 0.25) is 10.9 Å². The average Bonchev–Trinajstić information content (AvgIpc) is 3.68. The number of fused-ring (bicyclic) bond motifs is 2. The fraction of sp³-hybridized carbons (Fsp3) is 0.212. The predicted octanol–water partition coefficient (Wildman–Crippen LogP) is 4.08. The van der Waals surface area contributed by atoms with E-state index < -0.39 is 23.3 Å². The van der Waals surface area contributed by atoms with Crippen molar-refractivity contribution in [1.29, 1.82) is 0 Å². The van der Waals surface area contributed by atoms with Crippen LogP contribution in [0.3, 0.4) is 0 Å². The smallest absolute Gasteiger partial charge is 0.338 e. The molecule has 0 saturated heterocycles. The third kappa shape index (κ3) is 5.92. The zero-order valence-electron chi connectivity index (χ0n) is 24.6. The largest absolute Gasteiger partial charge is 0.494 e. The molecule has 0 bridgehead atoms. The monoisotopic (exact) mass is 623 g/mol. The molecular formula is C33H29N5O6S. The number of hydrogen-bond donors (Lipinski definition) is 1. The van der Waals surface area contributed by atoms with Crippen molar-refractivity contribution in [2.24, 2.45) is 0 Å². The molecule has 0 unspecified atom stereocenters. The Morgan fingerprint density at radius 3 is 2.42 bits per heavy atom. The number of carbonyl (C=O) groups is 3. The summed E-state index contributed by atoms with van der Waals surface area (Å²) >= 11 is 1.08. The van der Waals surface area contributed by atoms with Gasteiger partial charge < -0.3 is 14.8 Å². The summed E-state index contributed by atoms with van der Waals surface area (Å²) in [6.07, 6.45) is 2.02. The van der Waals surface area contributed by atoms with E-state index in [2.05, 4.69) is 22.3 Å². The second-order valence-corrected chi connectivity index (χ2v) is 11.2. The van der Waals surface area contributed by atoms with Crippen LogP contribution in [0.25, 0.3) is 21.9 Å². The van der Waals surface area contributed by atoms with Crippen molar-refractivity contribution in [3.63, 3.8) is 0 Å². The molecule has 0 aliphatic carbocycles. The molecular weight excluding hydrogens is 594 g/mol. The average molecular weight is 624 g/mol. The van der Waals surface area contributed by atoms with Gasteiger partial charge in [-0.1, -0.05) is 42.9 Å². The quantitative estimate of drug-likeness (QED) is 0.182. The molecule has 0 atom stereocenters. The molecule has 1 aliphatic rings. The Kier molecular flexibility index (Phi) is 8.39. The van der Waals surface area contributed by atoms with Crippen molar-refractivity contribution in [3.8, 4) is 17.1 Å². The molecule has 228 valence electrons. The van der Waals surface area contributed by atoms with E-state index in [1.54, 1.807) is 55.5 Å². The van der Waals surface area contributed by atoms with E-state index in [0.717, 1.165) is 35.5 Å². The van der Waals surface area contributed by atoms with Gasteiger partial charge in [-0.3, -0.25) is 19.3 Å². The Morgan fingerprint density at radius 1 is 0.956 bits per heavy atom. The molecule has 2 aromatic heterocycles. The fourth-order valence-electron chi connectivity index (χ4n) is 4.95. The summed E-state index contributed by atoms with van der Waals surface area (Å²) in [5.41, 5.74) is 2.37. The van der Waals surface area contributed by atoms with Crippen LogP contribution in [0.4, 0.5) is 11.4 Å². The molecule has 0 fully saturated rings. The number of esters is 1. The second kappa shape index (κ2) is 12.7. The van der Waals surface area contributed by atoms with Crippen LogP contribution in [-0.2, 0) is 14.3 Å².